The highest BCUT2D eigenvalue weighted by atomic mass is 19.1. The molecule has 0 unspecified atom stereocenters. The summed E-state index contributed by atoms with van der Waals surface area (Å²) in [6, 6.07) is 8.87. The van der Waals surface area contributed by atoms with Crippen LogP contribution in [0.2, 0.25) is 0 Å². The number of nitriles is 1. The van der Waals surface area contributed by atoms with Crippen LogP contribution in [0.25, 0.3) is 0 Å². The number of hydrogen-bond acceptors (Lipinski definition) is 5. The maximum absolute atomic E-state index is 14.9. The Morgan fingerprint density at radius 1 is 1.10 bits per heavy atom. The first-order valence-electron chi connectivity index (χ1n) is 9.79. The molecule has 0 atom stereocenters. The van der Waals surface area contributed by atoms with Gasteiger partial charge in [0.15, 0.2) is 11.6 Å². The lowest BCUT2D eigenvalue weighted by Crippen LogP contribution is -2.46. The summed E-state index contributed by atoms with van der Waals surface area (Å²) in [6.07, 6.45) is 0.492. The topological polar surface area (TPSA) is 54.7 Å². The third-order valence-corrected chi connectivity index (χ3v) is 5.23. The van der Waals surface area contributed by atoms with E-state index in [1.165, 1.54) is 12.1 Å². The lowest BCUT2D eigenvalue weighted by molar-refractivity contribution is 0.263. The van der Waals surface area contributed by atoms with Crippen LogP contribution in [-0.2, 0) is 0 Å². The van der Waals surface area contributed by atoms with Gasteiger partial charge >= 0.3 is 0 Å². The van der Waals surface area contributed by atoms with E-state index in [2.05, 4.69) is 21.5 Å². The van der Waals surface area contributed by atoms with E-state index < -0.39 is 11.6 Å². The number of aryl methyl sites for hydroxylation is 1. The molecular weight excluding hydrogens is 391 g/mol. The Kier molecular flexibility index (Phi) is 6.95. The summed E-state index contributed by atoms with van der Waals surface area (Å²) in [5.41, 5.74) is 4.38. The number of para-hydroxylation sites is 1. The molecule has 0 aromatic heterocycles. The monoisotopic (exact) mass is 415 g/mol. The van der Waals surface area contributed by atoms with Gasteiger partial charge < -0.3 is 4.90 Å². The Bertz CT molecular complexity index is 955. The quantitative estimate of drug-likeness (QED) is 0.565. The first-order valence-corrected chi connectivity index (χ1v) is 9.79. The van der Waals surface area contributed by atoms with Crippen molar-refractivity contribution in [2.75, 3.05) is 43.0 Å². The molecule has 2 aromatic rings. The van der Waals surface area contributed by atoms with Crippen molar-refractivity contribution in [1.82, 2.24) is 4.90 Å². The van der Waals surface area contributed by atoms with Crippen LogP contribution in [0, 0.1) is 35.7 Å². The van der Waals surface area contributed by atoms with E-state index >= 15 is 0 Å². The predicted molar refractivity (Wildman–Crippen MR) is 112 cm³/mol. The minimum absolute atomic E-state index is 0.346. The van der Waals surface area contributed by atoms with Crippen molar-refractivity contribution in [3.63, 3.8) is 0 Å². The van der Waals surface area contributed by atoms with E-state index in [4.69, 9.17) is 5.26 Å². The molecule has 0 bridgehead atoms. The molecule has 0 amide bonds. The van der Waals surface area contributed by atoms with E-state index in [9.17, 15) is 13.2 Å². The molecule has 1 saturated heterocycles. The van der Waals surface area contributed by atoms with Gasteiger partial charge in [-0.3, -0.25) is 10.3 Å². The van der Waals surface area contributed by atoms with Crippen LogP contribution in [0.15, 0.2) is 35.4 Å². The van der Waals surface area contributed by atoms with Crippen molar-refractivity contribution in [1.29, 1.82) is 5.26 Å². The van der Waals surface area contributed by atoms with Gasteiger partial charge in [-0.05, 0) is 43.7 Å². The average Bonchev–Trinajstić information content (AvgIpc) is 2.73. The van der Waals surface area contributed by atoms with Gasteiger partial charge in [0.05, 0.1) is 17.5 Å². The fraction of sp³-hybridized carbons (Fsp3) is 0.364. The first-order chi connectivity index (χ1) is 14.4. The van der Waals surface area contributed by atoms with Crippen molar-refractivity contribution in [2.24, 2.45) is 5.10 Å². The molecule has 5 nitrogen and oxygen atoms in total. The van der Waals surface area contributed by atoms with Crippen molar-refractivity contribution in [3.8, 4) is 6.07 Å². The van der Waals surface area contributed by atoms with Crippen LogP contribution in [0.1, 0.15) is 24.5 Å². The van der Waals surface area contributed by atoms with E-state index in [0.717, 1.165) is 37.3 Å². The van der Waals surface area contributed by atoms with Gasteiger partial charge in [0.1, 0.15) is 11.5 Å². The number of nitrogens with zero attached hydrogens (tertiary/aromatic N) is 4. The summed E-state index contributed by atoms with van der Waals surface area (Å²) >= 11 is 0. The first kappa shape index (κ1) is 21.7. The Labute approximate surface area is 174 Å². The summed E-state index contributed by atoms with van der Waals surface area (Å²) < 4.78 is 42.4. The molecule has 3 rings (SSSR count). The summed E-state index contributed by atoms with van der Waals surface area (Å²) in [6.45, 7) is 7.16. The van der Waals surface area contributed by atoms with Gasteiger partial charge in [-0.2, -0.15) is 10.4 Å². The van der Waals surface area contributed by atoms with Gasteiger partial charge in [0.2, 0.25) is 0 Å². The number of benzene rings is 2. The number of hydrogen-bond donors (Lipinski definition) is 1. The number of anilines is 2. The zero-order valence-corrected chi connectivity index (χ0v) is 17.1. The van der Waals surface area contributed by atoms with E-state index in [1.807, 2.05) is 11.8 Å². The number of hydrazone groups is 1. The van der Waals surface area contributed by atoms with Gasteiger partial charge in [-0.1, -0.05) is 6.07 Å². The van der Waals surface area contributed by atoms with Crippen LogP contribution in [0.4, 0.5) is 24.5 Å². The SMILES string of the molecule is C/C(=N/Nc1c(F)cccc1F)c1cc(F)c(N2CCN(CCC#N)CC2)cc1C. The molecule has 1 aliphatic heterocycles. The minimum atomic E-state index is -0.751. The largest absolute Gasteiger partial charge is 0.367 e. The predicted octanol–water partition coefficient (Wildman–Crippen LogP) is 4.28. The minimum Gasteiger partial charge on any atom is -0.367 e. The third-order valence-electron chi connectivity index (χ3n) is 5.23. The maximum Gasteiger partial charge on any atom is 0.151 e. The molecule has 0 spiro atoms. The highest BCUT2D eigenvalue weighted by Crippen LogP contribution is 2.26. The smallest absolute Gasteiger partial charge is 0.151 e. The molecule has 1 N–H and O–H groups in total. The second-order valence-electron chi connectivity index (χ2n) is 7.26. The highest BCUT2D eigenvalue weighted by molar-refractivity contribution is 6.00. The molecular formula is C22H24F3N5. The van der Waals surface area contributed by atoms with Crippen molar-refractivity contribution in [3.05, 3.63) is 58.9 Å². The highest BCUT2D eigenvalue weighted by Gasteiger charge is 2.20. The summed E-state index contributed by atoms with van der Waals surface area (Å²) in [7, 11) is 0. The van der Waals surface area contributed by atoms with Crippen LogP contribution < -0.4 is 10.3 Å². The lowest BCUT2D eigenvalue weighted by Gasteiger charge is -2.36. The summed E-state index contributed by atoms with van der Waals surface area (Å²) in [5.74, 6) is -1.87. The van der Waals surface area contributed by atoms with E-state index in [-0.39, 0.29) is 11.5 Å². The molecule has 2 aromatic carbocycles. The van der Waals surface area contributed by atoms with Gasteiger partial charge in [0.25, 0.3) is 0 Å². The average molecular weight is 415 g/mol. The van der Waals surface area contributed by atoms with Crippen LogP contribution in [0.3, 0.4) is 0 Å². The fourth-order valence-corrected chi connectivity index (χ4v) is 3.52. The van der Waals surface area contributed by atoms with Gasteiger partial charge in [0, 0.05) is 44.7 Å². The molecule has 8 heteroatoms. The molecule has 0 saturated carbocycles. The van der Waals surface area contributed by atoms with E-state index in [0.29, 0.717) is 36.5 Å². The number of rotatable bonds is 6. The zero-order valence-electron chi connectivity index (χ0n) is 17.1. The maximum atomic E-state index is 14.9. The summed E-state index contributed by atoms with van der Waals surface area (Å²) in [5, 5.41) is 12.7. The molecule has 0 aliphatic carbocycles. The Balaban J connectivity index is 1.74. The molecule has 1 aliphatic rings. The molecule has 158 valence electrons. The Morgan fingerprint density at radius 2 is 1.77 bits per heavy atom. The van der Waals surface area contributed by atoms with Crippen molar-refractivity contribution < 1.29 is 13.2 Å². The number of piperazine rings is 1. The standard InChI is InChI=1S/C22H24F3N5/c1-15-13-21(30-11-9-29(10-12-30)8-4-7-26)20(25)14-17(15)16(2)27-28-22-18(23)5-3-6-19(22)24/h3,5-6,13-14,28H,4,8-12H2,1-2H3/b27-16-. The fourth-order valence-electron chi connectivity index (χ4n) is 3.52. The zero-order chi connectivity index (χ0) is 21.7. The number of nitrogens with one attached hydrogen (secondary N) is 1. The lowest BCUT2D eigenvalue weighted by atomic mass is 10.0. The van der Waals surface area contributed by atoms with Crippen LogP contribution >= 0.6 is 0 Å². The molecule has 0 radical (unpaired) electrons. The second-order valence-corrected chi connectivity index (χ2v) is 7.26. The van der Waals surface area contributed by atoms with Crippen LogP contribution in [0.5, 0.6) is 0 Å². The second kappa shape index (κ2) is 9.63. The Hall–Kier alpha value is -3.05. The normalized spacial score (nSPS) is 15.2. The van der Waals surface area contributed by atoms with Crippen molar-refractivity contribution >= 4 is 17.1 Å². The Morgan fingerprint density at radius 3 is 2.40 bits per heavy atom. The number of halogens is 3. The van der Waals surface area contributed by atoms with E-state index in [1.54, 1.807) is 13.0 Å². The van der Waals surface area contributed by atoms with Crippen molar-refractivity contribution in [2.45, 2.75) is 20.3 Å². The summed E-state index contributed by atoms with van der Waals surface area (Å²) in [4.78, 5) is 4.19. The van der Waals surface area contributed by atoms with Crippen LogP contribution in [-0.4, -0.2) is 43.3 Å². The third kappa shape index (κ3) is 4.92. The molecule has 30 heavy (non-hydrogen) atoms. The molecule has 1 heterocycles. The van der Waals surface area contributed by atoms with Gasteiger partial charge in [-0.15, -0.1) is 0 Å². The molecule has 1 fully saturated rings. The van der Waals surface area contributed by atoms with Gasteiger partial charge in [-0.25, -0.2) is 13.2 Å².